The Kier molecular flexibility index (Phi) is 9.13. The van der Waals surface area contributed by atoms with Gasteiger partial charge in [0, 0.05) is 56.5 Å². The normalized spacial score (nSPS) is 18.9. The van der Waals surface area contributed by atoms with Crippen molar-refractivity contribution in [3.05, 3.63) is 95.6 Å². The quantitative estimate of drug-likeness (QED) is 0.316. The third-order valence-corrected chi connectivity index (χ3v) is 8.03. The second-order valence-corrected chi connectivity index (χ2v) is 11.2. The zero-order chi connectivity index (χ0) is 32.0. The highest BCUT2D eigenvalue weighted by atomic mass is 19.1. The maximum Gasteiger partial charge on any atom is 0.258 e. The molecule has 0 aliphatic carbocycles. The van der Waals surface area contributed by atoms with Crippen molar-refractivity contribution in [1.29, 1.82) is 0 Å². The third kappa shape index (κ3) is 7.12. The number of aromatic amines is 1. The predicted octanol–water partition coefficient (Wildman–Crippen LogP) is 3.64. The number of amides is 3. The fraction of sp³-hybridized carbons (Fsp3) is 0.294. The van der Waals surface area contributed by atoms with E-state index in [-0.39, 0.29) is 43.7 Å². The molecule has 0 unspecified atom stereocenters. The highest BCUT2D eigenvalue weighted by molar-refractivity contribution is 6.00. The van der Waals surface area contributed by atoms with Gasteiger partial charge in [0.15, 0.2) is 18.1 Å². The smallest absolute Gasteiger partial charge is 0.258 e. The number of piperidine rings is 1. The molecule has 3 aromatic carbocycles. The number of halogens is 1. The van der Waals surface area contributed by atoms with Gasteiger partial charge in [-0.1, -0.05) is 24.3 Å². The molecule has 46 heavy (non-hydrogen) atoms. The molecule has 2 aliphatic heterocycles. The zero-order valence-electron chi connectivity index (χ0n) is 25.3. The first-order valence-electron chi connectivity index (χ1n) is 15.1. The summed E-state index contributed by atoms with van der Waals surface area (Å²) in [7, 11) is 1.50. The molecule has 0 saturated carbocycles. The lowest BCUT2D eigenvalue weighted by atomic mass is 9.99. The van der Waals surface area contributed by atoms with Gasteiger partial charge in [0.25, 0.3) is 11.8 Å². The summed E-state index contributed by atoms with van der Waals surface area (Å²) in [6.45, 7) is 0.259. The minimum atomic E-state index is -0.650. The molecule has 238 valence electrons. The largest absolute Gasteiger partial charge is 0.493 e. The van der Waals surface area contributed by atoms with E-state index >= 15 is 0 Å². The highest BCUT2D eigenvalue weighted by Crippen LogP contribution is 2.29. The van der Waals surface area contributed by atoms with Gasteiger partial charge < -0.3 is 34.7 Å². The molecule has 3 amide bonds. The average molecular weight is 628 g/mol. The topological polar surface area (TPSA) is 135 Å². The number of hydrogen-bond acceptors (Lipinski definition) is 7. The molecule has 6 rings (SSSR count). The monoisotopic (exact) mass is 627 g/mol. The average Bonchev–Trinajstić information content (AvgIpc) is 3.60. The van der Waals surface area contributed by atoms with E-state index < -0.39 is 23.9 Å². The Labute approximate surface area is 265 Å². The summed E-state index contributed by atoms with van der Waals surface area (Å²) in [5.74, 6) is 0.272. The van der Waals surface area contributed by atoms with Crippen LogP contribution in [-0.2, 0) is 22.6 Å². The molecule has 11 nitrogen and oxygen atoms in total. The molecule has 4 bridgehead atoms. The van der Waals surface area contributed by atoms with E-state index in [0.29, 0.717) is 53.4 Å². The number of carbonyl (C=O) groups is 3. The number of hydrogen-bond donors (Lipinski definition) is 3. The molecular weight excluding hydrogens is 593 g/mol. The first-order chi connectivity index (χ1) is 22.4. The Hall–Kier alpha value is -5.39. The van der Waals surface area contributed by atoms with Gasteiger partial charge in [-0.25, -0.2) is 9.37 Å². The van der Waals surface area contributed by atoms with Crippen molar-refractivity contribution in [3.8, 4) is 28.6 Å². The van der Waals surface area contributed by atoms with Crippen LogP contribution in [0, 0.1) is 5.82 Å². The molecular formula is C34H34FN5O6. The number of nitrogens with zero attached hydrogens (tertiary/aromatic N) is 2. The second-order valence-electron chi connectivity index (χ2n) is 11.2. The first-order valence-corrected chi connectivity index (χ1v) is 15.1. The number of rotatable bonds is 3. The molecule has 3 heterocycles. The standard InChI is InChI=1S/C34H34FN5O6/c1-44-29-8-6-21-7-9-31(41)38-18-22-14-23(35)17-24(15-22)46-28-10-13-40(19-27(28)39-32(42)20-45-30(29)16-21)34(43)26-5-3-2-4-25(26)33-36-11-12-37-33/h2-6,8,11-12,14-17,27-28H,7,9-10,13,18-20H2,1H3,(H,36,37)(H,38,41)(H,39,42)/t27-,28-/m1/s1. The second kappa shape index (κ2) is 13.7. The van der Waals surface area contributed by atoms with Gasteiger partial charge in [0.05, 0.1) is 18.7 Å². The van der Waals surface area contributed by atoms with Crippen molar-refractivity contribution in [2.75, 3.05) is 26.8 Å². The SMILES string of the molecule is COc1ccc2cc1OCC(=O)N[C@@H]1CN(C(=O)c3ccccc3-c3ncc[nH]3)CC[C@H]1Oc1cc(F)cc(c1)CNC(=O)CC2. The molecule has 3 N–H and O–H groups in total. The van der Waals surface area contributed by atoms with Crippen molar-refractivity contribution < 1.29 is 33.0 Å². The Balaban J connectivity index is 1.28. The number of aryl methyl sites for hydroxylation is 1. The van der Waals surface area contributed by atoms with Crippen molar-refractivity contribution in [2.45, 2.75) is 38.0 Å². The summed E-state index contributed by atoms with van der Waals surface area (Å²) >= 11 is 0. The van der Waals surface area contributed by atoms with Crippen molar-refractivity contribution in [2.24, 2.45) is 0 Å². The number of ether oxygens (including phenoxy) is 3. The molecule has 2 atom stereocenters. The lowest BCUT2D eigenvalue weighted by Crippen LogP contribution is -2.58. The number of imidazole rings is 1. The van der Waals surface area contributed by atoms with Crippen molar-refractivity contribution >= 4 is 17.7 Å². The van der Waals surface area contributed by atoms with Crippen LogP contribution < -0.4 is 24.8 Å². The number of aromatic nitrogens is 2. The van der Waals surface area contributed by atoms with E-state index in [9.17, 15) is 18.8 Å². The van der Waals surface area contributed by atoms with Crippen LogP contribution >= 0.6 is 0 Å². The van der Waals surface area contributed by atoms with Crippen LogP contribution in [0.15, 0.2) is 73.1 Å². The molecule has 12 heteroatoms. The van der Waals surface area contributed by atoms with Crippen LogP contribution in [0.4, 0.5) is 4.39 Å². The van der Waals surface area contributed by atoms with E-state index in [1.165, 1.54) is 19.2 Å². The van der Waals surface area contributed by atoms with Crippen LogP contribution in [0.2, 0.25) is 0 Å². The minimum Gasteiger partial charge on any atom is -0.493 e. The van der Waals surface area contributed by atoms with Gasteiger partial charge in [-0.3, -0.25) is 14.4 Å². The van der Waals surface area contributed by atoms with E-state index in [0.717, 1.165) is 5.56 Å². The number of H-pyrrole nitrogens is 1. The van der Waals surface area contributed by atoms with Gasteiger partial charge in [-0.2, -0.15) is 0 Å². The van der Waals surface area contributed by atoms with E-state index in [1.54, 1.807) is 47.6 Å². The number of benzene rings is 3. The summed E-state index contributed by atoms with van der Waals surface area (Å²) in [5, 5.41) is 5.82. The van der Waals surface area contributed by atoms with Crippen LogP contribution in [0.25, 0.3) is 11.4 Å². The number of methoxy groups -OCH3 is 1. The van der Waals surface area contributed by atoms with Crippen LogP contribution in [0.3, 0.4) is 0 Å². The zero-order valence-corrected chi connectivity index (χ0v) is 25.3. The lowest BCUT2D eigenvalue weighted by molar-refractivity contribution is -0.125. The maximum atomic E-state index is 14.7. The fourth-order valence-electron chi connectivity index (χ4n) is 5.75. The Morgan fingerprint density at radius 2 is 1.91 bits per heavy atom. The van der Waals surface area contributed by atoms with Crippen molar-refractivity contribution in [3.63, 3.8) is 0 Å². The summed E-state index contributed by atoms with van der Waals surface area (Å²) < 4.78 is 32.2. The number of likely N-dealkylation sites (tertiary alicyclic amines) is 1. The van der Waals surface area contributed by atoms with Crippen molar-refractivity contribution in [1.82, 2.24) is 25.5 Å². The fourth-order valence-corrected chi connectivity index (χ4v) is 5.75. The number of nitrogens with one attached hydrogen (secondary N) is 3. The van der Waals surface area contributed by atoms with E-state index in [4.69, 9.17) is 14.2 Å². The van der Waals surface area contributed by atoms with E-state index in [2.05, 4.69) is 20.6 Å². The predicted molar refractivity (Wildman–Crippen MR) is 166 cm³/mol. The molecule has 1 saturated heterocycles. The molecule has 4 aromatic rings. The third-order valence-electron chi connectivity index (χ3n) is 8.03. The first kappa shape index (κ1) is 30.6. The molecule has 2 aliphatic rings. The number of fused-ring (bicyclic) bond motifs is 5. The van der Waals surface area contributed by atoms with Crippen LogP contribution in [0.1, 0.15) is 34.3 Å². The van der Waals surface area contributed by atoms with Crippen LogP contribution in [-0.4, -0.2) is 71.5 Å². The molecule has 1 fully saturated rings. The maximum absolute atomic E-state index is 14.7. The van der Waals surface area contributed by atoms with Gasteiger partial charge in [-0.05, 0) is 47.9 Å². The Morgan fingerprint density at radius 3 is 2.74 bits per heavy atom. The summed E-state index contributed by atoms with van der Waals surface area (Å²) in [6.07, 6.45) is 3.71. The van der Waals surface area contributed by atoms with Crippen LogP contribution in [0.5, 0.6) is 17.2 Å². The summed E-state index contributed by atoms with van der Waals surface area (Å²) in [5.41, 5.74) is 2.49. The van der Waals surface area contributed by atoms with Gasteiger partial charge in [0.2, 0.25) is 5.91 Å². The lowest BCUT2D eigenvalue weighted by Gasteiger charge is -2.39. The number of carbonyl (C=O) groups excluding carboxylic acids is 3. The molecule has 0 radical (unpaired) electrons. The molecule has 1 aromatic heterocycles. The molecule has 0 spiro atoms. The van der Waals surface area contributed by atoms with Gasteiger partial charge in [-0.15, -0.1) is 0 Å². The highest BCUT2D eigenvalue weighted by Gasteiger charge is 2.35. The summed E-state index contributed by atoms with van der Waals surface area (Å²) in [4.78, 5) is 48.8. The van der Waals surface area contributed by atoms with E-state index in [1.807, 2.05) is 18.2 Å². The Morgan fingerprint density at radius 1 is 1.04 bits per heavy atom. The Bertz CT molecular complexity index is 1730. The van der Waals surface area contributed by atoms with Gasteiger partial charge >= 0.3 is 0 Å². The van der Waals surface area contributed by atoms with Gasteiger partial charge in [0.1, 0.15) is 23.5 Å². The summed E-state index contributed by atoms with van der Waals surface area (Å²) in [6, 6.07) is 16.1. The minimum absolute atomic E-state index is 0.117.